The highest BCUT2D eigenvalue weighted by molar-refractivity contribution is 5.93. The maximum Gasteiger partial charge on any atom is 0.123 e. The number of ether oxygens (including phenoxy) is 1. The SMILES string of the molecule is C=C(C)/C=C\C(=N/C)N1CCOCC1. The van der Waals surface area contributed by atoms with Crippen LogP contribution in [-0.4, -0.2) is 44.1 Å². The van der Waals surface area contributed by atoms with Crippen LogP contribution in [0.1, 0.15) is 6.92 Å². The van der Waals surface area contributed by atoms with Crippen LogP contribution < -0.4 is 0 Å². The summed E-state index contributed by atoms with van der Waals surface area (Å²) in [5.74, 6) is 1.01. The van der Waals surface area contributed by atoms with Crippen molar-refractivity contribution in [3.05, 3.63) is 24.3 Å². The van der Waals surface area contributed by atoms with Gasteiger partial charge in [0, 0.05) is 20.1 Å². The number of morpholine rings is 1. The van der Waals surface area contributed by atoms with E-state index in [-0.39, 0.29) is 0 Å². The monoisotopic (exact) mass is 194 g/mol. The molecule has 0 atom stereocenters. The number of amidine groups is 1. The molecule has 1 aliphatic rings. The Bertz CT molecular complexity index is 250. The van der Waals surface area contributed by atoms with Crippen LogP contribution in [0, 0.1) is 0 Å². The van der Waals surface area contributed by atoms with E-state index in [1.165, 1.54) is 0 Å². The quantitative estimate of drug-likeness (QED) is 0.378. The lowest BCUT2D eigenvalue weighted by Crippen LogP contribution is -2.39. The first-order valence-corrected chi connectivity index (χ1v) is 4.87. The van der Waals surface area contributed by atoms with Crippen molar-refractivity contribution in [2.24, 2.45) is 4.99 Å². The van der Waals surface area contributed by atoms with Crippen molar-refractivity contribution in [1.29, 1.82) is 0 Å². The van der Waals surface area contributed by atoms with Gasteiger partial charge < -0.3 is 9.64 Å². The molecule has 0 amide bonds. The summed E-state index contributed by atoms with van der Waals surface area (Å²) in [6.45, 7) is 9.23. The first-order chi connectivity index (χ1) is 6.74. The molecule has 1 heterocycles. The molecule has 1 aliphatic heterocycles. The maximum atomic E-state index is 5.28. The number of hydrogen-bond acceptors (Lipinski definition) is 2. The highest BCUT2D eigenvalue weighted by atomic mass is 16.5. The van der Waals surface area contributed by atoms with Crippen molar-refractivity contribution >= 4 is 5.84 Å². The Hall–Kier alpha value is -1.09. The van der Waals surface area contributed by atoms with Gasteiger partial charge in [0.1, 0.15) is 5.84 Å². The molecule has 0 aromatic carbocycles. The maximum absolute atomic E-state index is 5.28. The van der Waals surface area contributed by atoms with Gasteiger partial charge in [0.05, 0.1) is 13.2 Å². The van der Waals surface area contributed by atoms with Crippen LogP contribution in [0.3, 0.4) is 0 Å². The molecule has 14 heavy (non-hydrogen) atoms. The number of allylic oxidation sites excluding steroid dienone is 2. The number of rotatable bonds is 2. The average Bonchev–Trinajstić information content (AvgIpc) is 2.20. The fourth-order valence-electron chi connectivity index (χ4n) is 1.33. The summed E-state index contributed by atoms with van der Waals surface area (Å²) in [6, 6.07) is 0. The third-order valence-electron chi connectivity index (χ3n) is 2.08. The van der Waals surface area contributed by atoms with Gasteiger partial charge in [-0.15, -0.1) is 0 Å². The first kappa shape index (κ1) is 11.0. The summed E-state index contributed by atoms with van der Waals surface area (Å²) >= 11 is 0. The molecule has 0 aromatic rings. The molecular formula is C11H18N2O. The Morgan fingerprint density at radius 1 is 1.36 bits per heavy atom. The fourth-order valence-corrected chi connectivity index (χ4v) is 1.33. The molecule has 78 valence electrons. The Morgan fingerprint density at radius 3 is 2.50 bits per heavy atom. The Labute approximate surface area is 85.8 Å². The highest BCUT2D eigenvalue weighted by Gasteiger charge is 2.11. The van der Waals surface area contributed by atoms with E-state index in [4.69, 9.17) is 4.74 Å². The van der Waals surface area contributed by atoms with Gasteiger partial charge in [-0.1, -0.05) is 18.2 Å². The van der Waals surface area contributed by atoms with Crippen molar-refractivity contribution in [1.82, 2.24) is 4.90 Å². The van der Waals surface area contributed by atoms with Gasteiger partial charge in [-0.3, -0.25) is 4.99 Å². The zero-order valence-corrected chi connectivity index (χ0v) is 8.99. The fraction of sp³-hybridized carbons (Fsp3) is 0.545. The molecule has 0 saturated carbocycles. The van der Waals surface area contributed by atoms with E-state index in [1.54, 1.807) is 0 Å². The standard InChI is InChI=1S/C11H18N2O/c1-10(2)4-5-11(12-3)13-6-8-14-9-7-13/h4-5H,1,6-9H2,2-3H3/b5-4-,12-11+. The van der Waals surface area contributed by atoms with Crippen LogP contribution >= 0.6 is 0 Å². The molecule has 1 saturated heterocycles. The molecule has 0 bridgehead atoms. The number of nitrogens with zero attached hydrogens (tertiary/aromatic N) is 2. The summed E-state index contributed by atoms with van der Waals surface area (Å²) in [4.78, 5) is 6.47. The minimum Gasteiger partial charge on any atom is -0.378 e. The molecule has 3 heteroatoms. The Balaban J connectivity index is 2.57. The number of aliphatic imine (C=N–C) groups is 1. The molecule has 0 aliphatic carbocycles. The molecule has 3 nitrogen and oxygen atoms in total. The highest BCUT2D eigenvalue weighted by Crippen LogP contribution is 2.01. The summed E-state index contributed by atoms with van der Waals surface area (Å²) in [7, 11) is 1.81. The lowest BCUT2D eigenvalue weighted by atomic mass is 10.3. The van der Waals surface area contributed by atoms with Gasteiger partial charge in [-0.25, -0.2) is 0 Å². The van der Waals surface area contributed by atoms with E-state index >= 15 is 0 Å². The van der Waals surface area contributed by atoms with E-state index in [0.29, 0.717) is 0 Å². The van der Waals surface area contributed by atoms with Crippen LogP contribution in [-0.2, 0) is 4.74 Å². The van der Waals surface area contributed by atoms with Crippen LogP contribution in [0.4, 0.5) is 0 Å². The molecule has 0 N–H and O–H groups in total. The average molecular weight is 194 g/mol. The van der Waals surface area contributed by atoms with Gasteiger partial charge in [-0.05, 0) is 13.0 Å². The van der Waals surface area contributed by atoms with Crippen LogP contribution in [0.2, 0.25) is 0 Å². The van der Waals surface area contributed by atoms with E-state index in [0.717, 1.165) is 37.7 Å². The van der Waals surface area contributed by atoms with Gasteiger partial charge in [-0.2, -0.15) is 0 Å². The van der Waals surface area contributed by atoms with Crippen molar-refractivity contribution < 1.29 is 4.74 Å². The third kappa shape index (κ3) is 3.34. The second-order valence-corrected chi connectivity index (χ2v) is 3.36. The van der Waals surface area contributed by atoms with Crippen LogP contribution in [0.5, 0.6) is 0 Å². The Kier molecular flexibility index (Phi) is 4.40. The zero-order valence-electron chi connectivity index (χ0n) is 8.99. The predicted octanol–water partition coefficient (Wildman–Crippen LogP) is 1.48. The van der Waals surface area contributed by atoms with Crippen molar-refractivity contribution in [3.8, 4) is 0 Å². The first-order valence-electron chi connectivity index (χ1n) is 4.87. The molecule has 0 aromatic heterocycles. The minimum atomic E-state index is 0.792. The van der Waals surface area contributed by atoms with E-state index in [2.05, 4.69) is 16.5 Å². The smallest absolute Gasteiger partial charge is 0.123 e. The zero-order chi connectivity index (χ0) is 10.4. The van der Waals surface area contributed by atoms with Gasteiger partial charge in [0.25, 0.3) is 0 Å². The van der Waals surface area contributed by atoms with Gasteiger partial charge >= 0.3 is 0 Å². The van der Waals surface area contributed by atoms with Gasteiger partial charge in [0.15, 0.2) is 0 Å². The van der Waals surface area contributed by atoms with Crippen LogP contribution in [0.25, 0.3) is 0 Å². The minimum absolute atomic E-state index is 0.792. The second-order valence-electron chi connectivity index (χ2n) is 3.36. The van der Waals surface area contributed by atoms with Crippen molar-refractivity contribution in [2.45, 2.75) is 6.92 Å². The summed E-state index contributed by atoms with van der Waals surface area (Å²) < 4.78 is 5.28. The summed E-state index contributed by atoms with van der Waals surface area (Å²) in [6.07, 6.45) is 3.99. The van der Waals surface area contributed by atoms with Crippen molar-refractivity contribution in [2.75, 3.05) is 33.4 Å². The molecular weight excluding hydrogens is 176 g/mol. The normalized spacial score (nSPS) is 19.0. The van der Waals surface area contributed by atoms with Crippen LogP contribution in [0.15, 0.2) is 29.3 Å². The molecule has 1 rings (SSSR count). The Morgan fingerprint density at radius 2 is 2.00 bits per heavy atom. The van der Waals surface area contributed by atoms with E-state index < -0.39 is 0 Å². The second kappa shape index (κ2) is 5.60. The van der Waals surface area contributed by atoms with Gasteiger partial charge in [0.2, 0.25) is 0 Å². The predicted molar refractivity (Wildman–Crippen MR) is 59.7 cm³/mol. The summed E-state index contributed by atoms with van der Waals surface area (Å²) in [5, 5.41) is 0. The summed E-state index contributed by atoms with van der Waals surface area (Å²) in [5.41, 5.74) is 1.04. The van der Waals surface area contributed by atoms with E-state index in [1.807, 2.05) is 26.1 Å². The number of hydrogen-bond donors (Lipinski definition) is 0. The molecule has 1 fully saturated rings. The lowest BCUT2D eigenvalue weighted by molar-refractivity contribution is 0.0684. The van der Waals surface area contributed by atoms with E-state index in [9.17, 15) is 0 Å². The third-order valence-corrected chi connectivity index (χ3v) is 2.08. The van der Waals surface area contributed by atoms with Crippen molar-refractivity contribution in [3.63, 3.8) is 0 Å². The largest absolute Gasteiger partial charge is 0.378 e. The molecule has 0 unspecified atom stereocenters. The molecule has 0 spiro atoms. The lowest BCUT2D eigenvalue weighted by Gasteiger charge is -2.28. The molecule has 0 radical (unpaired) electrons. The topological polar surface area (TPSA) is 24.8 Å².